The van der Waals surface area contributed by atoms with Gasteiger partial charge in [-0.05, 0) is 34.1 Å². The van der Waals surface area contributed by atoms with E-state index in [4.69, 9.17) is 4.74 Å². The van der Waals surface area contributed by atoms with Gasteiger partial charge in [0, 0.05) is 6.42 Å². The molecule has 4 nitrogen and oxygen atoms in total. The molecule has 1 N–H and O–H groups in total. The fourth-order valence-electron chi connectivity index (χ4n) is 1.83. The number of nitrogens with one attached hydrogen (secondary N) is 1. The molecule has 0 aliphatic carbocycles. The average Bonchev–Trinajstić information content (AvgIpc) is 2.31. The van der Waals surface area contributed by atoms with Crippen LogP contribution >= 0.6 is 0 Å². The molecule has 0 aromatic heterocycles. The number of hydrogen-bond donors (Lipinski definition) is 1. The van der Waals surface area contributed by atoms with Gasteiger partial charge in [0.1, 0.15) is 11.6 Å². The van der Waals surface area contributed by atoms with Crippen LogP contribution in [0, 0.1) is 0 Å². The maximum absolute atomic E-state index is 11.7. The van der Waals surface area contributed by atoms with Crippen molar-refractivity contribution in [2.45, 2.75) is 91.2 Å². The Morgan fingerprint density at radius 2 is 1.60 bits per heavy atom. The molecule has 1 atom stereocenters. The number of amides is 1. The zero-order chi connectivity index (χ0) is 15.6. The summed E-state index contributed by atoms with van der Waals surface area (Å²) in [6.07, 6.45) is 7.37. The summed E-state index contributed by atoms with van der Waals surface area (Å²) in [5.74, 6) is -0.451. The van der Waals surface area contributed by atoms with E-state index in [1.165, 1.54) is 25.7 Å². The van der Waals surface area contributed by atoms with E-state index < -0.39 is 11.6 Å². The summed E-state index contributed by atoms with van der Waals surface area (Å²) < 4.78 is 5.22. The molecule has 0 rings (SSSR count). The van der Waals surface area contributed by atoms with E-state index >= 15 is 0 Å². The number of esters is 1. The minimum Gasteiger partial charge on any atom is -0.458 e. The highest BCUT2D eigenvalue weighted by Crippen LogP contribution is 2.09. The largest absolute Gasteiger partial charge is 0.458 e. The van der Waals surface area contributed by atoms with Gasteiger partial charge in [-0.2, -0.15) is 0 Å². The van der Waals surface area contributed by atoms with Gasteiger partial charge in [-0.25, -0.2) is 4.79 Å². The van der Waals surface area contributed by atoms with E-state index in [0.717, 1.165) is 12.8 Å². The SMILES string of the molecule is CCCCCCCCC(=O)N[C@@H](C)C(=O)OC(C)(C)C. The molecule has 0 aromatic rings. The number of carbonyl (C=O) groups is 2. The third-order valence-corrected chi connectivity index (χ3v) is 2.90. The first-order valence-electron chi connectivity index (χ1n) is 7.78. The quantitative estimate of drug-likeness (QED) is 0.520. The fraction of sp³-hybridized carbons (Fsp3) is 0.875. The van der Waals surface area contributed by atoms with Gasteiger partial charge < -0.3 is 10.1 Å². The van der Waals surface area contributed by atoms with Gasteiger partial charge >= 0.3 is 5.97 Å². The zero-order valence-corrected chi connectivity index (χ0v) is 13.8. The smallest absolute Gasteiger partial charge is 0.328 e. The van der Waals surface area contributed by atoms with Gasteiger partial charge in [0.2, 0.25) is 5.91 Å². The number of carbonyl (C=O) groups excluding carboxylic acids is 2. The Balaban J connectivity index is 3.77. The Morgan fingerprint density at radius 3 is 2.15 bits per heavy atom. The van der Waals surface area contributed by atoms with Crippen molar-refractivity contribution in [3.05, 3.63) is 0 Å². The predicted molar refractivity (Wildman–Crippen MR) is 81.4 cm³/mol. The summed E-state index contributed by atoms with van der Waals surface area (Å²) in [5, 5.41) is 2.69. The van der Waals surface area contributed by atoms with Crippen molar-refractivity contribution in [1.29, 1.82) is 0 Å². The lowest BCUT2D eigenvalue weighted by Crippen LogP contribution is -2.42. The lowest BCUT2D eigenvalue weighted by Gasteiger charge is -2.22. The molecule has 0 aliphatic rings. The molecule has 0 unspecified atom stereocenters. The maximum Gasteiger partial charge on any atom is 0.328 e. The van der Waals surface area contributed by atoms with Gasteiger partial charge in [0.25, 0.3) is 0 Å². The fourth-order valence-corrected chi connectivity index (χ4v) is 1.83. The third-order valence-electron chi connectivity index (χ3n) is 2.90. The number of ether oxygens (including phenoxy) is 1. The average molecular weight is 285 g/mol. The molecule has 0 spiro atoms. The second-order valence-corrected chi connectivity index (χ2v) is 6.34. The lowest BCUT2D eigenvalue weighted by atomic mass is 10.1. The number of hydrogen-bond acceptors (Lipinski definition) is 3. The van der Waals surface area contributed by atoms with Crippen LogP contribution < -0.4 is 5.32 Å². The van der Waals surface area contributed by atoms with Crippen LogP contribution in [-0.4, -0.2) is 23.5 Å². The van der Waals surface area contributed by atoms with Crippen molar-refractivity contribution in [2.24, 2.45) is 0 Å². The first kappa shape index (κ1) is 18.9. The molecular formula is C16H31NO3. The van der Waals surface area contributed by atoms with Crippen molar-refractivity contribution >= 4 is 11.9 Å². The summed E-state index contributed by atoms with van der Waals surface area (Å²) in [4.78, 5) is 23.4. The van der Waals surface area contributed by atoms with Crippen LogP contribution in [0.4, 0.5) is 0 Å². The maximum atomic E-state index is 11.7. The first-order valence-corrected chi connectivity index (χ1v) is 7.78. The molecule has 0 heterocycles. The topological polar surface area (TPSA) is 55.4 Å². The highest BCUT2D eigenvalue weighted by atomic mass is 16.6. The van der Waals surface area contributed by atoms with Crippen LogP contribution in [-0.2, 0) is 14.3 Å². The van der Waals surface area contributed by atoms with Gasteiger partial charge in [-0.1, -0.05) is 39.0 Å². The van der Waals surface area contributed by atoms with E-state index in [-0.39, 0.29) is 11.9 Å². The molecule has 0 saturated heterocycles. The van der Waals surface area contributed by atoms with Gasteiger partial charge in [-0.3, -0.25) is 4.79 Å². The number of unbranched alkanes of at least 4 members (excludes halogenated alkanes) is 5. The second kappa shape index (κ2) is 9.78. The molecule has 0 bridgehead atoms. The molecule has 118 valence electrons. The van der Waals surface area contributed by atoms with Gasteiger partial charge in [0.05, 0.1) is 0 Å². The first-order chi connectivity index (χ1) is 9.26. The minimum atomic E-state index is -0.582. The molecule has 0 saturated carbocycles. The van der Waals surface area contributed by atoms with Crippen molar-refractivity contribution in [1.82, 2.24) is 5.32 Å². The Bertz CT molecular complexity index is 295. The molecular weight excluding hydrogens is 254 g/mol. The van der Waals surface area contributed by atoms with Crippen LogP contribution in [0.15, 0.2) is 0 Å². The summed E-state index contributed by atoms with van der Waals surface area (Å²) in [6, 6.07) is -0.582. The summed E-state index contributed by atoms with van der Waals surface area (Å²) in [5.41, 5.74) is -0.519. The van der Waals surface area contributed by atoms with Gasteiger partial charge in [-0.15, -0.1) is 0 Å². The molecule has 0 aromatic carbocycles. The Kier molecular flexibility index (Phi) is 9.26. The molecule has 1 amide bonds. The van der Waals surface area contributed by atoms with E-state index in [9.17, 15) is 9.59 Å². The van der Waals surface area contributed by atoms with E-state index in [0.29, 0.717) is 6.42 Å². The van der Waals surface area contributed by atoms with E-state index in [2.05, 4.69) is 12.2 Å². The number of rotatable bonds is 9. The standard InChI is InChI=1S/C16H31NO3/c1-6-7-8-9-10-11-12-14(18)17-13(2)15(19)20-16(3,4)5/h13H,6-12H2,1-5H3,(H,17,18)/t13-/m0/s1. The van der Waals surface area contributed by atoms with E-state index in [1.54, 1.807) is 6.92 Å². The van der Waals surface area contributed by atoms with Crippen molar-refractivity contribution < 1.29 is 14.3 Å². The Hall–Kier alpha value is -1.06. The van der Waals surface area contributed by atoms with Crippen molar-refractivity contribution in [3.8, 4) is 0 Å². The zero-order valence-electron chi connectivity index (χ0n) is 13.8. The highest BCUT2D eigenvalue weighted by molar-refractivity contribution is 5.84. The lowest BCUT2D eigenvalue weighted by molar-refractivity contribution is -0.158. The molecule has 0 radical (unpaired) electrons. The van der Waals surface area contributed by atoms with Crippen LogP contribution in [0.5, 0.6) is 0 Å². The van der Waals surface area contributed by atoms with Crippen molar-refractivity contribution in [2.75, 3.05) is 0 Å². The minimum absolute atomic E-state index is 0.0705. The van der Waals surface area contributed by atoms with Crippen LogP contribution in [0.2, 0.25) is 0 Å². The monoisotopic (exact) mass is 285 g/mol. The van der Waals surface area contributed by atoms with Crippen LogP contribution in [0.1, 0.15) is 79.6 Å². The second-order valence-electron chi connectivity index (χ2n) is 6.34. The van der Waals surface area contributed by atoms with E-state index in [1.807, 2.05) is 20.8 Å². The van der Waals surface area contributed by atoms with Crippen LogP contribution in [0.25, 0.3) is 0 Å². The molecule has 0 aliphatic heterocycles. The summed E-state index contributed by atoms with van der Waals surface area (Å²) >= 11 is 0. The summed E-state index contributed by atoms with van der Waals surface area (Å²) in [6.45, 7) is 9.29. The Morgan fingerprint density at radius 1 is 1.05 bits per heavy atom. The van der Waals surface area contributed by atoms with Crippen LogP contribution in [0.3, 0.4) is 0 Å². The molecule has 4 heteroatoms. The molecule has 0 fully saturated rings. The highest BCUT2D eigenvalue weighted by Gasteiger charge is 2.22. The third kappa shape index (κ3) is 10.8. The molecule has 20 heavy (non-hydrogen) atoms. The Labute approximate surface area is 123 Å². The van der Waals surface area contributed by atoms with Gasteiger partial charge in [0.15, 0.2) is 0 Å². The predicted octanol–water partition coefficient (Wildman–Crippen LogP) is 3.58. The summed E-state index contributed by atoms with van der Waals surface area (Å²) in [7, 11) is 0. The van der Waals surface area contributed by atoms with Crippen molar-refractivity contribution in [3.63, 3.8) is 0 Å². The normalized spacial score (nSPS) is 12.8.